The third-order valence-electron chi connectivity index (χ3n) is 5.78. The molecular formula is C22H31N5O3S. The molecule has 1 fully saturated rings. The number of nitrogens with one attached hydrogen (secondary N) is 2. The first-order chi connectivity index (χ1) is 15.0. The summed E-state index contributed by atoms with van der Waals surface area (Å²) in [7, 11) is 1.62. The van der Waals surface area contributed by atoms with Crippen LogP contribution in [0.2, 0.25) is 0 Å². The van der Waals surface area contributed by atoms with E-state index >= 15 is 0 Å². The highest BCUT2D eigenvalue weighted by Gasteiger charge is 2.44. The van der Waals surface area contributed by atoms with Gasteiger partial charge in [-0.25, -0.2) is 0 Å². The summed E-state index contributed by atoms with van der Waals surface area (Å²) in [5.41, 5.74) is 0.953. The highest BCUT2D eigenvalue weighted by molar-refractivity contribution is 7.71. The number of carbonyl (C=O) groups excluding carboxylic acids is 2. The van der Waals surface area contributed by atoms with E-state index in [2.05, 4.69) is 22.4 Å². The Labute approximate surface area is 188 Å². The molecular weight excluding hydrogens is 414 g/mol. The maximum atomic E-state index is 13.1. The number of likely N-dealkylation sites (tertiary alicyclic amines) is 1. The van der Waals surface area contributed by atoms with Crippen molar-refractivity contribution >= 4 is 24.0 Å². The van der Waals surface area contributed by atoms with Gasteiger partial charge in [-0.1, -0.05) is 25.5 Å². The van der Waals surface area contributed by atoms with Crippen molar-refractivity contribution in [2.24, 2.45) is 5.92 Å². The van der Waals surface area contributed by atoms with Crippen molar-refractivity contribution in [2.75, 3.05) is 20.2 Å². The number of H-pyrrole nitrogens is 1. The highest BCUT2D eigenvalue weighted by Crippen LogP contribution is 2.39. The molecule has 2 amide bonds. The molecule has 168 valence electrons. The van der Waals surface area contributed by atoms with E-state index < -0.39 is 5.92 Å². The molecule has 1 saturated heterocycles. The lowest BCUT2D eigenvalue weighted by atomic mass is 9.92. The van der Waals surface area contributed by atoms with E-state index in [4.69, 9.17) is 17.0 Å². The van der Waals surface area contributed by atoms with Crippen LogP contribution in [0.3, 0.4) is 0 Å². The molecule has 0 bridgehead atoms. The minimum Gasteiger partial charge on any atom is -0.497 e. The second kappa shape index (κ2) is 10.6. The average molecular weight is 446 g/mol. The topological polar surface area (TPSA) is 92.3 Å². The Balaban J connectivity index is 1.73. The molecule has 9 heteroatoms. The molecule has 0 saturated carbocycles. The summed E-state index contributed by atoms with van der Waals surface area (Å²) in [6.45, 7) is 5.91. The van der Waals surface area contributed by atoms with E-state index in [-0.39, 0.29) is 24.3 Å². The normalized spacial score (nSPS) is 18.4. The number of carbonyl (C=O) groups is 2. The van der Waals surface area contributed by atoms with Crippen molar-refractivity contribution in [1.29, 1.82) is 0 Å². The van der Waals surface area contributed by atoms with Crippen LogP contribution in [-0.4, -0.2) is 51.7 Å². The number of methoxy groups -OCH3 is 1. The van der Waals surface area contributed by atoms with Crippen LogP contribution in [0.4, 0.5) is 0 Å². The van der Waals surface area contributed by atoms with Gasteiger partial charge in [-0.05, 0) is 43.3 Å². The van der Waals surface area contributed by atoms with Crippen LogP contribution >= 0.6 is 12.2 Å². The number of benzene rings is 1. The maximum Gasteiger partial charge on any atom is 0.226 e. The number of aromatic amines is 1. The summed E-state index contributed by atoms with van der Waals surface area (Å²) < 4.78 is 7.75. The van der Waals surface area contributed by atoms with Gasteiger partial charge in [-0.3, -0.25) is 14.7 Å². The molecule has 8 nitrogen and oxygen atoms in total. The van der Waals surface area contributed by atoms with E-state index in [1.54, 1.807) is 7.11 Å². The molecule has 2 aromatic rings. The van der Waals surface area contributed by atoms with Gasteiger partial charge in [0.15, 0.2) is 4.77 Å². The Morgan fingerprint density at radius 2 is 2.06 bits per heavy atom. The third-order valence-corrected chi connectivity index (χ3v) is 6.09. The zero-order valence-corrected chi connectivity index (χ0v) is 19.2. The summed E-state index contributed by atoms with van der Waals surface area (Å²) in [6, 6.07) is 7.37. The minimum absolute atomic E-state index is 0.0290. The van der Waals surface area contributed by atoms with Crippen LogP contribution in [0, 0.1) is 10.7 Å². The predicted octanol–water partition coefficient (Wildman–Crippen LogP) is 3.02. The van der Waals surface area contributed by atoms with Gasteiger partial charge in [-0.15, -0.1) is 0 Å². The lowest BCUT2D eigenvalue weighted by Gasteiger charge is -2.28. The first kappa shape index (κ1) is 23.0. The standard InChI is InChI=1S/C22H31N5O3S/c1-4-6-13-27-19(28)14-17(20(27)15-7-9-16(30-3)10-8-15)21(29)23-12-11-18-24-25-22(31)26(18)5-2/h7-10,17,20H,4-6,11-14H2,1-3H3,(H,23,29)(H,25,31). The SMILES string of the molecule is CCCCN1C(=O)CC(C(=O)NCCc2n[nH]c(=S)n2CC)C1c1ccc(OC)cc1. The largest absolute Gasteiger partial charge is 0.497 e. The molecule has 2 heterocycles. The molecule has 1 aliphatic heterocycles. The lowest BCUT2D eigenvalue weighted by Crippen LogP contribution is -2.37. The quantitative estimate of drug-likeness (QED) is 0.549. The van der Waals surface area contributed by atoms with Crippen molar-refractivity contribution in [3.63, 3.8) is 0 Å². The molecule has 31 heavy (non-hydrogen) atoms. The Morgan fingerprint density at radius 3 is 2.71 bits per heavy atom. The fourth-order valence-corrected chi connectivity index (χ4v) is 4.41. The van der Waals surface area contributed by atoms with Crippen molar-refractivity contribution in [3.05, 3.63) is 40.4 Å². The molecule has 1 aliphatic rings. The van der Waals surface area contributed by atoms with E-state index in [0.29, 0.717) is 24.3 Å². The Bertz CT molecular complexity index is 953. The molecule has 2 N–H and O–H groups in total. The predicted molar refractivity (Wildman–Crippen MR) is 120 cm³/mol. The van der Waals surface area contributed by atoms with Crippen LogP contribution < -0.4 is 10.1 Å². The molecule has 3 rings (SSSR count). The van der Waals surface area contributed by atoms with Crippen molar-refractivity contribution in [2.45, 2.75) is 52.1 Å². The van der Waals surface area contributed by atoms with Crippen LogP contribution in [0.25, 0.3) is 0 Å². The second-order valence-electron chi connectivity index (χ2n) is 7.70. The average Bonchev–Trinajstić information content (AvgIpc) is 3.31. The van der Waals surface area contributed by atoms with Crippen molar-refractivity contribution in [3.8, 4) is 5.75 Å². The lowest BCUT2D eigenvalue weighted by molar-refractivity contribution is -0.129. The fourth-order valence-electron chi connectivity index (χ4n) is 4.13. The van der Waals surface area contributed by atoms with Gasteiger partial charge in [0, 0.05) is 32.5 Å². The number of aromatic nitrogens is 3. The van der Waals surface area contributed by atoms with Gasteiger partial charge in [0.1, 0.15) is 11.6 Å². The van der Waals surface area contributed by atoms with Gasteiger partial charge in [0.05, 0.1) is 19.1 Å². The number of hydrogen-bond donors (Lipinski definition) is 2. The van der Waals surface area contributed by atoms with Crippen molar-refractivity contribution in [1.82, 2.24) is 25.0 Å². The van der Waals surface area contributed by atoms with E-state index in [9.17, 15) is 9.59 Å². The molecule has 0 radical (unpaired) electrons. The summed E-state index contributed by atoms with van der Waals surface area (Å²) in [5.74, 6) is 1.06. The van der Waals surface area contributed by atoms with Crippen molar-refractivity contribution < 1.29 is 14.3 Å². The van der Waals surface area contributed by atoms with Gasteiger partial charge in [0.25, 0.3) is 0 Å². The highest BCUT2D eigenvalue weighted by atomic mass is 32.1. The Morgan fingerprint density at radius 1 is 1.32 bits per heavy atom. The van der Waals surface area contributed by atoms with Crippen LogP contribution in [-0.2, 0) is 22.6 Å². The minimum atomic E-state index is -0.426. The number of ether oxygens (including phenoxy) is 1. The Hall–Kier alpha value is -2.68. The van der Waals surface area contributed by atoms with E-state index in [1.165, 1.54) is 0 Å². The number of nitrogens with zero attached hydrogens (tertiary/aromatic N) is 3. The summed E-state index contributed by atoms with van der Waals surface area (Å²) >= 11 is 5.22. The fraction of sp³-hybridized carbons (Fsp3) is 0.545. The summed E-state index contributed by atoms with van der Waals surface area (Å²) in [6.07, 6.45) is 2.69. The number of rotatable bonds is 10. The molecule has 2 atom stereocenters. The zero-order valence-electron chi connectivity index (χ0n) is 18.4. The smallest absolute Gasteiger partial charge is 0.226 e. The first-order valence-electron chi connectivity index (χ1n) is 10.8. The molecule has 0 aliphatic carbocycles. The summed E-state index contributed by atoms with van der Waals surface area (Å²) in [4.78, 5) is 27.7. The first-order valence-corrected chi connectivity index (χ1v) is 11.3. The maximum absolute atomic E-state index is 13.1. The zero-order chi connectivity index (χ0) is 22.4. The third kappa shape index (κ3) is 5.15. The number of amides is 2. The van der Waals surface area contributed by atoms with Crippen LogP contribution in [0.15, 0.2) is 24.3 Å². The number of unbranched alkanes of at least 4 members (excludes halogenated alkanes) is 1. The molecule has 1 aromatic carbocycles. The van der Waals surface area contributed by atoms with E-state index in [1.807, 2.05) is 40.7 Å². The summed E-state index contributed by atoms with van der Waals surface area (Å²) in [5, 5.41) is 10.0. The van der Waals surface area contributed by atoms with Gasteiger partial charge in [0.2, 0.25) is 11.8 Å². The molecule has 2 unspecified atom stereocenters. The van der Waals surface area contributed by atoms with Gasteiger partial charge >= 0.3 is 0 Å². The van der Waals surface area contributed by atoms with Crippen LogP contribution in [0.5, 0.6) is 5.75 Å². The molecule has 0 spiro atoms. The van der Waals surface area contributed by atoms with Gasteiger partial charge < -0.3 is 19.5 Å². The van der Waals surface area contributed by atoms with Crippen LogP contribution in [0.1, 0.15) is 50.5 Å². The van der Waals surface area contributed by atoms with E-state index in [0.717, 1.165) is 36.5 Å². The Kier molecular flexibility index (Phi) is 7.84. The number of hydrogen-bond acceptors (Lipinski definition) is 5. The monoisotopic (exact) mass is 445 g/mol. The van der Waals surface area contributed by atoms with Gasteiger partial charge in [-0.2, -0.15) is 5.10 Å². The molecule has 1 aromatic heterocycles. The second-order valence-corrected chi connectivity index (χ2v) is 8.09.